The Bertz CT molecular complexity index is 664. The van der Waals surface area contributed by atoms with Crippen molar-refractivity contribution in [3.05, 3.63) is 30.5 Å². The highest BCUT2D eigenvalue weighted by Gasteiger charge is 2.24. The molecule has 1 aromatic carbocycles. The Kier molecular flexibility index (Phi) is 3.64. The van der Waals surface area contributed by atoms with Crippen molar-refractivity contribution in [1.82, 2.24) is 4.98 Å². The number of anilines is 1. The number of fused-ring (bicyclic) bond motifs is 1. The highest BCUT2D eigenvalue weighted by atomic mass is 16.5. The SMILES string of the molecule is COc1nccc2ccc(N3CCC(C(=O)O)CC3)cc12. The largest absolute Gasteiger partial charge is 0.481 e. The molecule has 1 saturated heterocycles. The minimum atomic E-state index is -0.681. The van der Waals surface area contributed by atoms with Gasteiger partial charge in [0.2, 0.25) is 5.88 Å². The zero-order valence-electron chi connectivity index (χ0n) is 12.0. The Balaban J connectivity index is 1.86. The number of aliphatic carboxylic acids is 1. The van der Waals surface area contributed by atoms with Gasteiger partial charge in [-0.3, -0.25) is 4.79 Å². The fourth-order valence-electron chi connectivity index (χ4n) is 2.87. The fraction of sp³-hybridized carbons (Fsp3) is 0.375. The van der Waals surface area contributed by atoms with Gasteiger partial charge in [0.05, 0.1) is 13.0 Å². The van der Waals surface area contributed by atoms with Gasteiger partial charge in [-0.25, -0.2) is 4.98 Å². The lowest BCUT2D eigenvalue weighted by molar-refractivity contribution is -0.142. The van der Waals surface area contributed by atoms with Crippen LogP contribution in [0.1, 0.15) is 12.8 Å². The molecule has 0 unspecified atom stereocenters. The van der Waals surface area contributed by atoms with E-state index in [4.69, 9.17) is 9.84 Å². The van der Waals surface area contributed by atoms with Gasteiger partial charge < -0.3 is 14.7 Å². The molecule has 1 aliphatic rings. The predicted octanol–water partition coefficient (Wildman–Crippen LogP) is 2.54. The molecular weight excluding hydrogens is 268 g/mol. The first kappa shape index (κ1) is 13.7. The van der Waals surface area contributed by atoms with Crippen LogP contribution >= 0.6 is 0 Å². The number of rotatable bonds is 3. The Labute approximate surface area is 123 Å². The van der Waals surface area contributed by atoms with Crippen LogP contribution in [0.2, 0.25) is 0 Å². The molecule has 110 valence electrons. The van der Waals surface area contributed by atoms with Crippen molar-refractivity contribution in [2.45, 2.75) is 12.8 Å². The number of ether oxygens (including phenoxy) is 1. The van der Waals surface area contributed by atoms with Crippen molar-refractivity contribution in [2.75, 3.05) is 25.1 Å². The number of carboxylic acids is 1. The molecule has 1 N–H and O–H groups in total. The number of hydrogen-bond donors (Lipinski definition) is 1. The Morgan fingerprint density at radius 1 is 1.33 bits per heavy atom. The van der Waals surface area contributed by atoms with Crippen LogP contribution in [-0.2, 0) is 4.79 Å². The second-order valence-electron chi connectivity index (χ2n) is 5.33. The number of methoxy groups -OCH3 is 1. The van der Waals surface area contributed by atoms with Crippen LogP contribution in [0, 0.1) is 5.92 Å². The monoisotopic (exact) mass is 286 g/mol. The number of carbonyl (C=O) groups is 1. The van der Waals surface area contributed by atoms with Gasteiger partial charge in [-0.05, 0) is 36.4 Å². The van der Waals surface area contributed by atoms with Crippen LogP contribution in [0.4, 0.5) is 5.69 Å². The Morgan fingerprint density at radius 3 is 2.76 bits per heavy atom. The van der Waals surface area contributed by atoms with Crippen LogP contribution in [0.15, 0.2) is 30.5 Å². The number of pyridine rings is 1. The van der Waals surface area contributed by atoms with Crippen LogP contribution in [0.25, 0.3) is 10.8 Å². The van der Waals surface area contributed by atoms with E-state index in [1.54, 1.807) is 13.3 Å². The molecule has 5 heteroatoms. The first-order valence-electron chi connectivity index (χ1n) is 7.09. The molecule has 1 fully saturated rings. The van der Waals surface area contributed by atoms with Gasteiger partial charge in [-0.15, -0.1) is 0 Å². The quantitative estimate of drug-likeness (QED) is 0.939. The summed E-state index contributed by atoms with van der Waals surface area (Å²) in [7, 11) is 1.62. The molecule has 0 amide bonds. The summed E-state index contributed by atoms with van der Waals surface area (Å²) < 4.78 is 5.31. The second-order valence-corrected chi connectivity index (χ2v) is 5.33. The zero-order valence-corrected chi connectivity index (χ0v) is 12.0. The summed E-state index contributed by atoms with van der Waals surface area (Å²) in [5.41, 5.74) is 1.10. The third-order valence-electron chi connectivity index (χ3n) is 4.12. The van der Waals surface area contributed by atoms with Gasteiger partial charge in [0.15, 0.2) is 0 Å². The van der Waals surface area contributed by atoms with Gasteiger partial charge >= 0.3 is 5.97 Å². The normalized spacial score (nSPS) is 16.1. The summed E-state index contributed by atoms with van der Waals surface area (Å²) in [5, 5.41) is 11.1. The van der Waals surface area contributed by atoms with E-state index in [0.717, 1.165) is 29.5 Å². The van der Waals surface area contributed by atoms with Gasteiger partial charge in [0, 0.05) is 30.4 Å². The van der Waals surface area contributed by atoms with E-state index >= 15 is 0 Å². The number of aromatic nitrogens is 1. The lowest BCUT2D eigenvalue weighted by atomic mass is 9.96. The molecule has 1 aliphatic heterocycles. The van der Waals surface area contributed by atoms with Gasteiger partial charge in [-0.1, -0.05) is 6.07 Å². The van der Waals surface area contributed by atoms with Crippen molar-refractivity contribution in [1.29, 1.82) is 0 Å². The molecule has 2 aromatic rings. The van der Waals surface area contributed by atoms with E-state index in [1.807, 2.05) is 6.07 Å². The van der Waals surface area contributed by atoms with Crippen molar-refractivity contribution in [3.8, 4) is 5.88 Å². The molecule has 1 aromatic heterocycles. The lowest BCUT2D eigenvalue weighted by Crippen LogP contribution is -2.36. The maximum atomic E-state index is 11.0. The number of nitrogens with zero attached hydrogens (tertiary/aromatic N) is 2. The molecule has 21 heavy (non-hydrogen) atoms. The number of hydrogen-bond acceptors (Lipinski definition) is 4. The number of carboxylic acid groups (broad SMARTS) is 1. The van der Waals surface area contributed by atoms with E-state index in [2.05, 4.69) is 28.1 Å². The highest BCUT2D eigenvalue weighted by molar-refractivity contribution is 5.89. The van der Waals surface area contributed by atoms with Gasteiger partial charge in [0.25, 0.3) is 0 Å². The maximum absolute atomic E-state index is 11.0. The van der Waals surface area contributed by atoms with E-state index in [0.29, 0.717) is 18.7 Å². The van der Waals surface area contributed by atoms with E-state index in [-0.39, 0.29) is 5.92 Å². The summed E-state index contributed by atoms with van der Waals surface area (Å²) in [6, 6.07) is 8.15. The minimum Gasteiger partial charge on any atom is -0.481 e. The molecule has 0 spiro atoms. The first-order chi connectivity index (χ1) is 10.2. The van der Waals surface area contributed by atoms with Crippen LogP contribution in [-0.4, -0.2) is 36.3 Å². The average Bonchev–Trinajstić information content (AvgIpc) is 2.53. The molecule has 5 nitrogen and oxygen atoms in total. The second kappa shape index (κ2) is 5.60. The predicted molar refractivity (Wildman–Crippen MR) is 80.9 cm³/mol. The summed E-state index contributed by atoms with van der Waals surface area (Å²) in [5.74, 6) is -0.272. The molecule has 0 radical (unpaired) electrons. The summed E-state index contributed by atoms with van der Waals surface area (Å²) in [6.45, 7) is 1.54. The molecule has 2 heterocycles. The molecule has 0 atom stereocenters. The highest BCUT2D eigenvalue weighted by Crippen LogP contribution is 2.30. The van der Waals surface area contributed by atoms with Crippen molar-refractivity contribution in [2.24, 2.45) is 5.92 Å². The van der Waals surface area contributed by atoms with Crippen molar-refractivity contribution < 1.29 is 14.6 Å². The number of piperidine rings is 1. The molecule has 3 rings (SSSR count). The van der Waals surface area contributed by atoms with Gasteiger partial charge in [-0.2, -0.15) is 0 Å². The summed E-state index contributed by atoms with van der Waals surface area (Å²) >= 11 is 0. The molecule has 0 bridgehead atoms. The summed E-state index contributed by atoms with van der Waals surface area (Å²) in [6.07, 6.45) is 3.12. The standard InChI is InChI=1S/C16H18N2O3/c1-21-15-14-10-13(3-2-11(14)4-7-17-15)18-8-5-12(6-9-18)16(19)20/h2-4,7,10,12H,5-6,8-9H2,1H3,(H,19,20). The minimum absolute atomic E-state index is 0.210. The smallest absolute Gasteiger partial charge is 0.306 e. The van der Waals surface area contributed by atoms with Crippen LogP contribution in [0.5, 0.6) is 5.88 Å². The molecule has 0 saturated carbocycles. The van der Waals surface area contributed by atoms with Crippen molar-refractivity contribution >= 4 is 22.4 Å². The fourth-order valence-corrected chi connectivity index (χ4v) is 2.87. The lowest BCUT2D eigenvalue weighted by Gasteiger charge is -2.32. The molecular formula is C16H18N2O3. The summed E-state index contributed by atoms with van der Waals surface area (Å²) in [4.78, 5) is 17.5. The van der Waals surface area contributed by atoms with E-state index in [9.17, 15) is 4.79 Å². The van der Waals surface area contributed by atoms with Crippen LogP contribution < -0.4 is 9.64 Å². The topological polar surface area (TPSA) is 62.7 Å². The Morgan fingerprint density at radius 2 is 2.10 bits per heavy atom. The third kappa shape index (κ3) is 2.63. The number of benzene rings is 1. The Hall–Kier alpha value is -2.30. The first-order valence-corrected chi connectivity index (χ1v) is 7.09. The van der Waals surface area contributed by atoms with Crippen LogP contribution in [0.3, 0.4) is 0 Å². The van der Waals surface area contributed by atoms with Crippen molar-refractivity contribution in [3.63, 3.8) is 0 Å². The zero-order chi connectivity index (χ0) is 14.8. The average molecular weight is 286 g/mol. The van der Waals surface area contributed by atoms with E-state index in [1.165, 1.54) is 0 Å². The maximum Gasteiger partial charge on any atom is 0.306 e. The third-order valence-corrected chi connectivity index (χ3v) is 4.12. The molecule has 0 aliphatic carbocycles. The van der Waals surface area contributed by atoms with Gasteiger partial charge in [0.1, 0.15) is 0 Å². The van der Waals surface area contributed by atoms with E-state index < -0.39 is 5.97 Å².